The molecule has 0 aromatic rings. The monoisotopic (exact) mass is 429 g/mol. The molecule has 0 aromatic carbocycles. The average molecular weight is 430 g/mol. The van der Waals surface area contributed by atoms with Gasteiger partial charge in [0.15, 0.2) is 0 Å². The second-order valence-electron chi connectivity index (χ2n) is 10.7. The number of nitrogens with zero attached hydrogens (tertiary/aromatic N) is 4. The molecule has 4 fully saturated rings. The van der Waals surface area contributed by atoms with E-state index >= 15 is 0 Å². The molecule has 0 radical (unpaired) electrons. The molecule has 7 heteroatoms. The van der Waals surface area contributed by atoms with Crippen molar-refractivity contribution in [3.05, 3.63) is 11.4 Å². The zero-order valence-corrected chi connectivity index (χ0v) is 19.3. The smallest absolute Gasteiger partial charge is 0.319 e. The highest BCUT2D eigenvalue weighted by Gasteiger charge is 2.51. The van der Waals surface area contributed by atoms with Gasteiger partial charge in [0.25, 0.3) is 0 Å². The molecule has 2 saturated carbocycles. The number of rotatable bonds is 5. The molecule has 3 amide bonds. The van der Waals surface area contributed by atoms with Crippen LogP contribution in [0.5, 0.6) is 0 Å². The number of carbonyl (C=O) groups excluding carboxylic acids is 2. The topological polar surface area (TPSA) is 60.3 Å². The van der Waals surface area contributed by atoms with Crippen molar-refractivity contribution in [3.8, 4) is 0 Å². The third kappa shape index (κ3) is 4.84. The van der Waals surface area contributed by atoms with E-state index in [2.05, 4.69) is 10.2 Å². The minimum atomic E-state index is -0.267. The SMILES string of the molecule is [C-]#[N+][C@@H]1CCCN1C(=O)CNC1(CC2CCCCC2)C[C@H]2CN(C(=O)N(C)C)C[C@H]2C1. The number of fused-ring (bicyclic) bond motifs is 1. The summed E-state index contributed by atoms with van der Waals surface area (Å²) in [5.74, 6) is 1.89. The van der Waals surface area contributed by atoms with Crippen LogP contribution in [0, 0.1) is 24.3 Å². The first-order valence-corrected chi connectivity index (χ1v) is 12.3. The van der Waals surface area contributed by atoms with Gasteiger partial charge in [0.2, 0.25) is 5.91 Å². The van der Waals surface area contributed by atoms with Gasteiger partial charge in [0.05, 0.1) is 6.54 Å². The predicted octanol–water partition coefficient (Wildman–Crippen LogP) is 3.18. The molecule has 4 atom stereocenters. The van der Waals surface area contributed by atoms with E-state index in [4.69, 9.17) is 6.57 Å². The van der Waals surface area contributed by atoms with Gasteiger partial charge < -0.3 is 15.1 Å². The van der Waals surface area contributed by atoms with Crippen molar-refractivity contribution in [3.63, 3.8) is 0 Å². The number of urea groups is 1. The lowest BCUT2D eigenvalue weighted by molar-refractivity contribution is -0.130. The van der Waals surface area contributed by atoms with Gasteiger partial charge in [-0.15, -0.1) is 0 Å². The molecule has 2 heterocycles. The van der Waals surface area contributed by atoms with E-state index in [9.17, 15) is 9.59 Å². The first-order chi connectivity index (χ1) is 14.9. The van der Waals surface area contributed by atoms with Crippen molar-refractivity contribution < 1.29 is 9.59 Å². The number of hydrogen-bond acceptors (Lipinski definition) is 3. The molecule has 1 unspecified atom stereocenters. The first kappa shape index (κ1) is 22.4. The summed E-state index contributed by atoms with van der Waals surface area (Å²) in [5.41, 5.74) is 0.00752. The van der Waals surface area contributed by atoms with E-state index in [0.717, 1.165) is 57.7 Å². The maximum Gasteiger partial charge on any atom is 0.319 e. The number of nitrogens with one attached hydrogen (secondary N) is 1. The van der Waals surface area contributed by atoms with Crippen molar-refractivity contribution >= 4 is 11.9 Å². The molecule has 1 N–H and O–H groups in total. The second-order valence-corrected chi connectivity index (χ2v) is 10.7. The fourth-order valence-electron chi connectivity index (χ4n) is 6.79. The molecule has 7 nitrogen and oxygen atoms in total. The molecular formula is C24H39N5O2. The second kappa shape index (κ2) is 9.36. The van der Waals surface area contributed by atoms with Crippen molar-refractivity contribution in [2.75, 3.05) is 40.3 Å². The van der Waals surface area contributed by atoms with E-state index in [1.54, 1.807) is 9.80 Å². The van der Waals surface area contributed by atoms with Crippen LogP contribution < -0.4 is 5.32 Å². The fraction of sp³-hybridized carbons (Fsp3) is 0.875. The molecule has 4 aliphatic rings. The lowest BCUT2D eigenvalue weighted by atomic mass is 9.77. The van der Waals surface area contributed by atoms with Crippen LogP contribution in [-0.4, -0.2) is 78.6 Å². The van der Waals surface area contributed by atoms with Crippen LogP contribution in [0.4, 0.5) is 4.79 Å². The van der Waals surface area contributed by atoms with E-state index in [1.807, 2.05) is 19.0 Å². The van der Waals surface area contributed by atoms with Gasteiger partial charge >= 0.3 is 12.2 Å². The molecule has 2 aliphatic carbocycles. The minimum absolute atomic E-state index is 0.00752. The Kier molecular flexibility index (Phi) is 6.76. The first-order valence-electron chi connectivity index (χ1n) is 12.3. The lowest BCUT2D eigenvalue weighted by Crippen LogP contribution is -2.51. The highest BCUT2D eigenvalue weighted by Crippen LogP contribution is 2.48. The normalized spacial score (nSPS) is 33.4. The third-order valence-electron chi connectivity index (χ3n) is 8.24. The Morgan fingerprint density at radius 2 is 1.74 bits per heavy atom. The Balaban J connectivity index is 1.41. The van der Waals surface area contributed by atoms with Gasteiger partial charge in [0, 0.05) is 45.7 Å². The number of amides is 3. The van der Waals surface area contributed by atoms with Gasteiger partial charge in [-0.1, -0.05) is 32.1 Å². The highest BCUT2D eigenvalue weighted by atomic mass is 16.2. The summed E-state index contributed by atoms with van der Waals surface area (Å²) < 4.78 is 0. The Hall–Kier alpha value is -1.81. The summed E-state index contributed by atoms with van der Waals surface area (Å²) in [5, 5.41) is 3.75. The summed E-state index contributed by atoms with van der Waals surface area (Å²) in [6.45, 7) is 10.1. The zero-order valence-electron chi connectivity index (χ0n) is 19.3. The standard InChI is InChI=1S/C24H39N5O2/c1-25-21-10-7-11-29(21)22(30)15-26-24(12-18-8-5-4-6-9-18)13-19-16-28(17-20(19)14-24)23(31)27(2)3/h18-21,26H,4-17H2,2-3H3/t19-,20+,21-,24?/m0/s1. The van der Waals surface area contributed by atoms with E-state index in [0.29, 0.717) is 18.4 Å². The quantitative estimate of drug-likeness (QED) is 0.683. The van der Waals surface area contributed by atoms with Gasteiger partial charge in [-0.05, 0) is 43.4 Å². The maximum atomic E-state index is 12.9. The van der Waals surface area contributed by atoms with Crippen LogP contribution >= 0.6 is 0 Å². The van der Waals surface area contributed by atoms with Crippen molar-refractivity contribution in [1.29, 1.82) is 0 Å². The maximum absolute atomic E-state index is 12.9. The Labute approximate surface area is 187 Å². The predicted molar refractivity (Wildman–Crippen MR) is 120 cm³/mol. The molecule has 0 bridgehead atoms. The van der Waals surface area contributed by atoms with Crippen LogP contribution in [0.25, 0.3) is 4.85 Å². The number of likely N-dealkylation sites (tertiary alicyclic amines) is 2. The molecule has 172 valence electrons. The minimum Gasteiger partial charge on any atom is -0.331 e. The third-order valence-corrected chi connectivity index (χ3v) is 8.24. The molecular weight excluding hydrogens is 390 g/mol. The van der Waals surface area contributed by atoms with Gasteiger partial charge in [-0.3, -0.25) is 14.5 Å². The molecule has 31 heavy (non-hydrogen) atoms. The van der Waals surface area contributed by atoms with Crippen LogP contribution in [0.3, 0.4) is 0 Å². The summed E-state index contributed by atoms with van der Waals surface area (Å²) in [6, 6.07) is 0.120. The van der Waals surface area contributed by atoms with Crippen molar-refractivity contribution in [2.24, 2.45) is 17.8 Å². The van der Waals surface area contributed by atoms with Gasteiger partial charge in [0.1, 0.15) is 0 Å². The lowest BCUT2D eigenvalue weighted by Gasteiger charge is -2.37. The molecule has 4 rings (SSSR count). The van der Waals surface area contributed by atoms with Gasteiger partial charge in [-0.25, -0.2) is 11.4 Å². The van der Waals surface area contributed by atoms with Crippen LogP contribution in [0.2, 0.25) is 0 Å². The zero-order chi connectivity index (χ0) is 22.0. The van der Waals surface area contributed by atoms with Crippen molar-refractivity contribution in [2.45, 2.75) is 75.9 Å². The van der Waals surface area contributed by atoms with Crippen molar-refractivity contribution in [1.82, 2.24) is 20.0 Å². The fourth-order valence-corrected chi connectivity index (χ4v) is 6.79. The molecule has 2 aliphatic heterocycles. The van der Waals surface area contributed by atoms with Gasteiger partial charge in [-0.2, -0.15) is 0 Å². The largest absolute Gasteiger partial charge is 0.331 e. The Morgan fingerprint density at radius 1 is 1.06 bits per heavy atom. The summed E-state index contributed by atoms with van der Waals surface area (Å²) in [4.78, 5) is 34.5. The van der Waals surface area contributed by atoms with E-state index < -0.39 is 0 Å². The van der Waals surface area contributed by atoms with Crippen LogP contribution in [0.15, 0.2) is 0 Å². The average Bonchev–Trinajstić information content (AvgIpc) is 3.46. The Morgan fingerprint density at radius 3 is 2.35 bits per heavy atom. The van der Waals surface area contributed by atoms with E-state index in [1.165, 1.54) is 32.1 Å². The Bertz CT molecular complexity index is 697. The van der Waals surface area contributed by atoms with Crippen LogP contribution in [-0.2, 0) is 4.79 Å². The highest BCUT2D eigenvalue weighted by molar-refractivity contribution is 5.79. The summed E-state index contributed by atoms with van der Waals surface area (Å²) in [7, 11) is 3.65. The molecule has 2 saturated heterocycles. The summed E-state index contributed by atoms with van der Waals surface area (Å²) in [6.07, 6.45) is 11.4. The molecule has 0 spiro atoms. The number of hydrogen-bond donors (Lipinski definition) is 1. The summed E-state index contributed by atoms with van der Waals surface area (Å²) >= 11 is 0. The number of carbonyl (C=O) groups is 2. The van der Waals surface area contributed by atoms with Crippen LogP contribution in [0.1, 0.15) is 64.2 Å². The van der Waals surface area contributed by atoms with E-state index in [-0.39, 0.29) is 23.6 Å². The molecule has 0 aromatic heterocycles.